The number of aromatic amines is 1. The zero-order valence-electron chi connectivity index (χ0n) is 10.2. The predicted octanol–water partition coefficient (Wildman–Crippen LogP) is 3.17. The molecule has 0 aromatic carbocycles. The van der Waals surface area contributed by atoms with Gasteiger partial charge < -0.3 is 4.74 Å². The van der Waals surface area contributed by atoms with Gasteiger partial charge in [0, 0.05) is 6.07 Å². The smallest absolute Gasteiger partial charge is 0.435 e. The number of hydrogen-bond donors (Lipinski definition) is 2. The summed E-state index contributed by atoms with van der Waals surface area (Å²) in [6.07, 6.45) is -4.81. The van der Waals surface area contributed by atoms with Gasteiger partial charge in [-0.3, -0.25) is 10.4 Å². The van der Waals surface area contributed by atoms with E-state index in [1.165, 1.54) is 0 Å². The third kappa shape index (κ3) is 3.94. The van der Waals surface area contributed by atoms with Gasteiger partial charge >= 0.3 is 12.3 Å². The van der Waals surface area contributed by atoms with Crippen LogP contribution in [0.15, 0.2) is 6.07 Å². The van der Waals surface area contributed by atoms with E-state index in [1.54, 1.807) is 13.8 Å². The first-order valence-electron chi connectivity index (χ1n) is 5.26. The average molecular weight is 265 g/mol. The lowest BCUT2D eigenvalue weighted by molar-refractivity contribution is -0.141. The molecule has 1 heterocycles. The minimum atomic E-state index is -4.55. The van der Waals surface area contributed by atoms with Gasteiger partial charge in [0.05, 0.1) is 0 Å². The van der Waals surface area contributed by atoms with Crippen LogP contribution in [0, 0.1) is 0 Å². The molecular formula is C10H14F3N3O2. The molecule has 0 bridgehead atoms. The van der Waals surface area contributed by atoms with Crippen molar-refractivity contribution in [2.75, 3.05) is 5.32 Å². The van der Waals surface area contributed by atoms with Gasteiger partial charge in [0.15, 0.2) is 5.69 Å². The Hall–Kier alpha value is -1.73. The van der Waals surface area contributed by atoms with Crippen molar-refractivity contribution < 1.29 is 22.7 Å². The van der Waals surface area contributed by atoms with Crippen molar-refractivity contribution in [3.63, 3.8) is 0 Å². The molecule has 102 valence electrons. The molecule has 0 saturated carbocycles. The van der Waals surface area contributed by atoms with Crippen molar-refractivity contribution >= 4 is 11.9 Å². The molecule has 1 rings (SSSR count). The lowest BCUT2D eigenvalue weighted by Crippen LogP contribution is -2.29. The summed E-state index contributed by atoms with van der Waals surface area (Å²) in [7, 11) is 0. The number of halogens is 3. The van der Waals surface area contributed by atoms with Gasteiger partial charge in [-0.2, -0.15) is 18.3 Å². The lowest BCUT2D eigenvalue weighted by Gasteiger charge is -2.22. The molecule has 1 amide bonds. The quantitative estimate of drug-likeness (QED) is 0.882. The van der Waals surface area contributed by atoms with Crippen molar-refractivity contribution in [2.24, 2.45) is 0 Å². The molecule has 0 saturated heterocycles. The standard InChI is InChI=1S/C10H14F3N3O2/c1-4-9(2,3)18-8(17)14-7-5-6(15-16-7)10(11,12)13/h5H,4H2,1-3H3,(H2,14,15,16,17). The monoisotopic (exact) mass is 265 g/mol. The number of rotatable bonds is 3. The van der Waals surface area contributed by atoms with E-state index in [1.807, 2.05) is 6.92 Å². The molecule has 0 atom stereocenters. The second kappa shape index (κ2) is 4.87. The Labute approximate surface area is 102 Å². The van der Waals surface area contributed by atoms with Crippen molar-refractivity contribution in [3.8, 4) is 0 Å². The minimum Gasteiger partial charge on any atom is -0.443 e. The number of nitrogens with zero attached hydrogens (tertiary/aromatic N) is 1. The number of amides is 1. The third-order valence-electron chi connectivity index (χ3n) is 2.33. The van der Waals surface area contributed by atoms with Crippen molar-refractivity contribution in [3.05, 3.63) is 11.8 Å². The Morgan fingerprint density at radius 3 is 2.56 bits per heavy atom. The Morgan fingerprint density at radius 2 is 2.11 bits per heavy atom. The number of nitrogens with one attached hydrogen (secondary N) is 2. The number of hydrogen-bond acceptors (Lipinski definition) is 3. The van der Waals surface area contributed by atoms with Crippen LogP contribution in [-0.2, 0) is 10.9 Å². The summed E-state index contributed by atoms with van der Waals surface area (Å²) in [5, 5.41) is 7.25. The van der Waals surface area contributed by atoms with Crippen LogP contribution in [0.2, 0.25) is 0 Å². The van der Waals surface area contributed by atoms with Crippen LogP contribution in [0.4, 0.5) is 23.8 Å². The highest BCUT2D eigenvalue weighted by molar-refractivity contribution is 5.83. The topological polar surface area (TPSA) is 67.0 Å². The molecule has 0 fully saturated rings. The van der Waals surface area contributed by atoms with Gasteiger partial charge in [-0.05, 0) is 20.3 Å². The Balaban J connectivity index is 2.64. The van der Waals surface area contributed by atoms with Gasteiger partial charge in [-0.15, -0.1) is 0 Å². The Morgan fingerprint density at radius 1 is 1.50 bits per heavy atom. The highest BCUT2D eigenvalue weighted by Gasteiger charge is 2.34. The molecule has 8 heteroatoms. The molecular weight excluding hydrogens is 251 g/mol. The summed E-state index contributed by atoms with van der Waals surface area (Å²) < 4.78 is 41.7. The van der Waals surface area contributed by atoms with E-state index in [0.717, 1.165) is 0 Å². The zero-order valence-corrected chi connectivity index (χ0v) is 10.2. The third-order valence-corrected chi connectivity index (χ3v) is 2.33. The summed E-state index contributed by atoms with van der Waals surface area (Å²) in [5.41, 5.74) is -1.79. The summed E-state index contributed by atoms with van der Waals surface area (Å²) >= 11 is 0. The average Bonchev–Trinajstić information content (AvgIpc) is 2.64. The van der Waals surface area contributed by atoms with Crippen LogP contribution in [0.1, 0.15) is 32.9 Å². The van der Waals surface area contributed by atoms with E-state index in [4.69, 9.17) is 4.74 Å². The highest BCUT2D eigenvalue weighted by atomic mass is 19.4. The van der Waals surface area contributed by atoms with Gasteiger partial charge in [0.25, 0.3) is 0 Å². The first-order chi connectivity index (χ1) is 8.14. The molecule has 1 aromatic rings. The second-order valence-corrected chi connectivity index (χ2v) is 4.29. The number of carbonyl (C=O) groups is 1. The van der Waals surface area contributed by atoms with Gasteiger partial charge in [-0.25, -0.2) is 4.79 Å². The Kier molecular flexibility index (Phi) is 3.88. The van der Waals surface area contributed by atoms with Gasteiger partial charge in [-0.1, -0.05) is 6.92 Å². The molecule has 5 nitrogen and oxygen atoms in total. The molecule has 0 aliphatic heterocycles. The molecule has 2 N–H and O–H groups in total. The largest absolute Gasteiger partial charge is 0.443 e. The lowest BCUT2D eigenvalue weighted by atomic mass is 10.1. The van der Waals surface area contributed by atoms with Crippen LogP contribution in [0.3, 0.4) is 0 Å². The molecule has 1 aromatic heterocycles. The van der Waals surface area contributed by atoms with Crippen LogP contribution in [0.5, 0.6) is 0 Å². The van der Waals surface area contributed by atoms with E-state index >= 15 is 0 Å². The maximum atomic E-state index is 12.2. The number of H-pyrrole nitrogens is 1. The van der Waals surface area contributed by atoms with E-state index < -0.39 is 23.6 Å². The van der Waals surface area contributed by atoms with Crippen LogP contribution >= 0.6 is 0 Å². The van der Waals surface area contributed by atoms with Crippen LogP contribution in [0.25, 0.3) is 0 Å². The van der Waals surface area contributed by atoms with E-state index in [-0.39, 0.29) is 5.82 Å². The summed E-state index contributed by atoms with van der Waals surface area (Å²) in [6.45, 7) is 5.21. The van der Waals surface area contributed by atoms with E-state index in [9.17, 15) is 18.0 Å². The van der Waals surface area contributed by atoms with Crippen LogP contribution < -0.4 is 5.32 Å². The minimum absolute atomic E-state index is 0.167. The molecule has 0 spiro atoms. The van der Waals surface area contributed by atoms with Crippen LogP contribution in [-0.4, -0.2) is 21.9 Å². The summed E-state index contributed by atoms with van der Waals surface area (Å²) in [5.74, 6) is -0.167. The van der Waals surface area contributed by atoms with Crippen molar-refractivity contribution in [2.45, 2.75) is 39.0 Å². The summed E-state index contributed by atoms with van der Waals surface area (Å²) in [4.78, 5) is 11.4. The fourth-order valence-corrected chi connectivity index (χ4v) is 0.990. The molecule has 18 heavy (non-hydrogen) atoms. The second-order valence-electron chi connectivity index (χ2n) is 4.29. The van der Waals surface area contributed by atoms with E-state index in [0.29, 0.717) is 12.5 Å². The normalized spacial score (nSPS) is 12.3. The number of aromatic nitrogens is 2. The summed E-state index contributed by atoms with van der Waals surface area (Å²) in [6, 6.07) is 0.695. The predicted molar refractivity (Wildman–Crippen MR) is 58.1 cm³/mol. The number of alkyl halides is 3. The maximum Gasteiger partial charge on any atom is 0.435 e. The maximum absolute atomic E-state index is 12.2. The van der Waals surface area contributed by atoms with Gasteiger partial charge in [0.1, 0.15) is 11.4 Å². The van der Waals surface area contributed by atoms with Crippen molar-refractivity contribution in [1.82, 2.24) is 10.2 Å². The number of ether oxygens (including phenoxy) is 1. The first-order valence-corrected chi connectivity index (χ1v) is 5.26. The molecule has 0 aliphatic rings. The highest BCUT2D eigenvalue weighted by Crippen LogP contribution is 2.28. The molecule has 0 radical (unpaired) electrons. The fourth-order valence-electron chi connectivity index (χ4n) is 0.990. The van der Waals surface area contributed by atoms with Crippen molar-refractivity contribution in [1.29, 1.82) is 0 Å². The molecule has 0 unspecified atom stereocenters. The zero-order chi connectivity index (χ0) is 14.0. The SMILES string of the molecule is CCC(C)(C)OC(=O)Nc1cc(C(F)(F)F)n[nH]1. The number of carbonyl (C=O) groups excluding carboxylic acids is 1. The first kappa shape index (κ1) is 14.3. The van der Waals surface area contributed by atoms with E-state index in [2.05, 4.69) is 15.5 Å². The number of anilines is 1. The molecule has 0 aliphatic carbocycles. The Bertz CT molecular complexity index is 426. The fraction of sp³-hybridized carbons (Fsp3) is 0.600. The van der Waals surface area contributed by atoms with Gasteiger partial charge in [0.2, 0.25) is 0 Å².